The molecule has 1 saturated heterocycles. The first-order valence-corrected chi connectivity index (χ1v) is 9.74. The minimum Gasteiger partial charge on any atom is -0.323 e. The highest BCUT2D eigenvalue weighted by atomic mass is 32.1. The van der Waals surface area contributed by atoms with Crippen molar-refractivity contribution in [2.24, 2.45) is 0 Å². The molecular formula is C17H25N4O3S+. The average Bonchev–Trinajstić information content (AvgIpc) is 3.18. The molecule has 4 amide bonds. The van der Waals surface area contributed by atoms with E-state index in [0.29, 0.717) is 12.8 Å². The first-order chi connectivity index (χ1) is 12.0. The molecule has 1 atom stereocenters. The second-order valence-corrected chi connectivity index (χ2v) is 7.82. The molecule has 1 saturated carbocycles. The smallest absolute Gasteiger partial charge is 0.323 e. The van der Waals surface area contributed by atoms with Gasteiger partial charge >= 0.3 is 6.03 Å². The molecule has 1 aliphatic heterocycles. The molecule has 2 fully saturated rings. The summed E-state index contributed by atoms with van der Waals surface area (Å²) >= 11 is 1.66. The number of imide groups is 1. The van der Waals surface area contributed by atoms with Crippen LogP contribution in [0.25, 0.3) is 0 Å². The molecule has 136 valence electrons. The van der Waals surface area contributed by atoms with Gasteiger partial charge in [-0.25, -0.2) is 4.79 Å². The molecule has 2 heterocycles. The molecule has 8 heteroatoms. The van der Waals surface area contributed by atoms with Crippen molar-refractivity contribution in [2.45, 2.75) is 51.1 Å². The Morgan fingerprint density at radius 2 is 2.12 bits per heavy atom. The van der Waals surface area contributed by atoms with Crippen LogP contribution in [-0.4, -0.2) is 41.5 Å². The third-order valence-corrected chi connectivity index (χ3v) is 5.90. The minimum absolute atomic E-state index is 0.221. The van der Waals surface area contributed by atoms with Gasteiger partial charge in [0.2, 0.25) is 0 Å². The number of quaternary nitrogens is 1. The Morgan fingerprint density at radius 3 is 2.76 bits per heavy atom. The summed E-state index contributed by atoms with van der Waals surface area (Å²) in [5.74, 6) is -0.633. The van der Waals surface area contributed by atoms with Crippen LogP contribution in [0.4, 0.5) is 4.79 Å². The Morgan fingerprint density at radius 1 is 1.36 bits per heavy atom. The molecule has 0 radical (unpaired) electrons. The third kappa shape index (κ3) is 3.85. The van der Waals surface area contributed by atoms with Crippen molar-refractivity contribution in [1.29, 1.82) is 0 Å². The molecule has 2 aliphatic rings. The summed E-state index contributed by atoms with van der Waals surface area (Å²) in [6.07, 6.45) is 4.21. The van der Waals surface area contributed by atoms with Gasteiger partial charge in [-0.3, -0.25) is 15.0 Å². The molecule has 7 nitrogen and oxygen atoms in total. The standard InChI is InChI=1S/C17H24N4O3S/c1-2-20(11-13-7-6-10-25-13)12-14(22)19-21-15(23)17(18-16(21)24)8-4-3-5-9-17/h6-7,10H,2-5,8-9,11-12H2,1H3,(H,18,24)(H,19,22)/p+1. The van der Waals surface area contributed by atoms with Crippen molar-refractivity contribution in [3.8, 4) is 0 Å². The van der Waals surface area contributed by atoms with E-state index in [1.807, 2.05) is 24.4 Å². The molecule has 0 aromatic carbocycles. The van der Waals surface area contributed by atoms with E-state index in [1.54, 1.807) is 11.3 Å². The number of nitrogens with one attached hydrogen (secondary N) is 3. The highest BCUT2D eigenvalue weighted by molar-refractivity contribution is 7.09. The summed E-state index contributed by atoms with van der Waals surface area (Å²) in [5.41, 5.74) is 1.70. The fourth-order valence-electron chi connectivity index (χ4n) is 3.58. The third-order valence-electron chi connectivity index (χ3n) is 5.02. The molecule has 1 spiro atoms. The molecule has 1 aromatic rings. The minimum atomic E-state index is -0.809. The van der Waals surface area contributed by atoms with Crippen LogP contribution in [-0.2, 0) is 16.1 Å². The van der Waals surface area contributed by atoms with Gasteiger partial charge in [0.15, 0.2) is 6.54 Å². The van der Waals surface area contributed by atoms with Gasteiger partial charge in [0.1, 0.15) is 12.1 Å². The summed E-state index contributed by atoms with van der Waals surface area (Å²) < 4.78 is 0. The maximum atomic E-state index is 12.7. The highest BCUT2D eigenvalue weighted by Gasteiger charge is 2.52. The van der Waals surface area contributed by atoms with Gasteiger partial charge in [0, 0.05) is 0 Å². The van der Waals surface area contributed by atoms with Crippen LogP contribution in [0.15, 0.2) is 17.5 Å². The second kappa shape index (κ2) is 7.53. The van der Waals surface area contributed by atoms with Crippen molar-refractivity contribution < 1.29 is 19.3 Å². The van der Waals surface area contributed by atoms with Crippen molar-refractivity contribution in [2.75, 3.05) is 13.1 Å². The second-order valence-electron chi connectivity index (χ2n) is 6.78. The van der Waals surface area contributed by atoms with Gasteiger partial charge in [-0.15, -0.1) is 11.3 Å². The lowest BCUT2D eigenvalue weighted by Crippen LogP contribution is -3.11. The Hall–Kier alpha value is -1.93. The Bertz CT molecular complexity index is 640. The van der Waals surface area contributed by atoms with Crippen LogP contribution in [0.1, 0.15) is 43.9 Å². The number of nitrogens with zero attached hydrogens (tertiary/aromatic N) is 1. The van der Waals surface area contributed by atoms with Gasteiger partial charge in [-0.2, -0.15) is 5.01 Å². The van der Waals surface area contributed by atoms with Crippen LogP contribution in [0.5, 0.6) is 0 Å². The highest BCUT2D eigenvalue weighted by Crippen LogP contribution is 2.32. The molecule has 1 unspecified atom stereocenters. The first-order valence-electron chi connectivity index (χ1n) is 8.86. The van der Waals surface area contributed by atoms with Crippen LogP contribution >= 0.6 is 11.3 Å². The molecule has 1 aliphatic carbocycles. The number of thiophene rings is 1. The predicted molar refractivity (Wildman–Crippen MR) is 93.7 cm³/mol. The quantitative estimate of drug-likeness (QED) is 0.640. The zero-order valence-electron chi connectivity index (χ0n) is 14.5. The summed E-state index contributed by atoms with van der Waals surface area (Å²) in [5, 5.41) is 5.69. The fourth-order valence-corrected chi connectivity index (χ4v) is 4.36. The SMILES string of the molecule is CC[NH+](CC(=O)NN1C(=O)NC2(CCCCC2)C1=O)Cc1cccs1. The number of amides is 4. The number of urea groups is 1. The average molecular weight is 365 g/mol. The van der Waals surface area contributed by atoms with Crippen molar-refractivity contribution >= 4 is 29.2 Å². The molecule has 1 aromatic heterocycles. The molecular weight excluding hydrogens is 340 g/mol. The number of carbonyl (C=O) groups excluding carboxylic acids is 3. The lowest BCUT2D eigenvalue weighted by Gasteiger charge is -2.30. The summed E-state index contributed by atoms with van der Waals surface area (Å²) in [4.78, 5) is 39.5. The maximum absolute atomic E-state index is 12.7. The predicted octanol–water partition coefficient (Wildman–Crippen LogP) is 0.439. The Balaban J connectivity index is 1.58. The normalized spacial score (nSPS) is 20.6. The number of rotatable bonds is 6. The number of hydrogen-bond donors (Lipinski definition) is 3. The summed E-state index contributed by atoms with van der Waals surface area (Å²) in [6.45, 7) is 3.78. The van der Waals surface area contributed by atoms with E-state index in [4.69, 9.17) is 0 Å². The zero-order chi connectivity index (χ0) is 17.9. The Kier molecular flexibility index (Phi) is 5.39. The Labute approximate surface area is 151 Å². The van der Waals surface area contributed by atoms with Crippen molar-refractivity contribution in [3.05, 3.63) is 22.4 Å². The molecule has 3 rings (SSSR count). The number of hydrogen-bond acceptors (Lipinski definition) is 4. The van der Waals surface area contributed by atoms with Crippen molar-refractivity contribution in [3.63, 3.8) is 0 Å². The van der Waals surface area contributed by atoms with E-state index in [0.717, 1.165) is 42.3 Å². The lowest BCUT2D eigenvalue weighted by atomic mass is 9.82. The first kappa shape index (κ1) is 17.9. The molecule has 25 heavy (non-hydrogen) atoms. The van der Waals surface area contributed by atoms with Crippen LogP contribution in [0, 0.1) is 0 Å². The molecule has 0 bridgehead atoms. The largest absolute Gasteiger partial charge is 0.344 e. The van der Waals surface area contributed by atoms with Crippen LogP contribution in [0.3, 0.4) is 0 Å². The molecule has 3 N–H and O–H groups in total. The van der Waals surface area contributed by atoms with E-state index in [2.05, 4.69) is 10.7 Å². The number of hydrazine groups is 1. The van der Waals surface area contributed by atoms with Gasteiger partial charge < -0.3 is 10.2 Å². The van der Waals surface area contributed by atoms with Crippen molar-refractivity contribution in [1.82, 2.24) is 15.8 Å². The van der Waals surface area contributed by atoms with E-state index in [9.17, 15) is 14.4 Å². The maximum Gasteiger partial charge on any atom is 0.344 e. The fraction of sp³-hybridized carbons (Fsp3) is 0.588. The van der Waals surface area contributed by atoms with Crippen LogP contribution < -0.4 is 15.6 Å². The lowest BCUT2D eigenvalue weighted by molar-refractivity contribution is -0.903. The van der Waals surface area contributed by atoms with E-state index >= 15 is 0 Å². The topological polar surface area (TPSA) is 82.9 Å². The van der Waals surface area contributed by atoms with Gasteiger partial charge in [-0.1, -0.05) is 25.3 Å². The van der Waals surface area contributed by atoms with Gasteiger partial charge in [-0.05, 0) is 31.2 Å². The number of likely N-dealkylation sites (N-methyl/N-ethyl adjacent to an activating group) is 1. The number of carbonyl (C=O) groups is 3. The van der Waals surface area contributed by atoms with Crippen LogP contribution in [0.2, 0.25) is 0 Å². The monoisotopic (exact) mass is 365 g/mol. The van der Waals surface area contributed by atoms with Gasteiger partial charge in [0.25, 0.3) is 11.8 Å². The zero-order valence-corrected chi connectivity index (χ0v) is 15.3. The van der Waals surface area contributed by atoms with E-state index < -0.39 is 11.6 Å². The summed E-state index contributed by atoms with van der Waals surface area (Å²) in [7, 11) is 0. The van der Waals surface area contributed by atoms with Gasteiger partial charge in [0.05, 0.1) is 11.4 Å². The van der Waals surface area contributed by atoms with E-state index in [1.165, 1.54) is 4.88 Å². The summed E-state index contributed by atoms with van der Waals surface area (Å²) in [6, 6.07) is 3.52. The van der Waals surface area contributed by atoms with E-state index in [-0.39, 0.29) is 18.4 Å².